The predicted octanol–water partition coefficient (Wildman–Crippen LogP) is -0.00270. The Morgan fingerprint density at radius 1 is 1.53 bits per heavy atom. The molecule has 0 spiro atoms. The molecule has 1 aromatic heterocycles. The molecule has 0 aliphatic carbocycles. The first-order valence-electron chi connectivity index (χ1n) is 4.81. The van der Waals surface area contributed by atoms with Crippen molar-refractivity contribution in [2.24, 2.45) is 0 Å². The van der Waals surface area contributed by atoms with Crippen molar-refractivity contribution >= 4 is 18.3 Å². The highest BCUT2D eigenvalue weighted by Gasteiger charge is 2.22. The molecule has 0 aromatic carbocycles. The van der Waals surface area contributed by atoms with Crippen LogP contribution in [0.1, 0.15) is 18.1 Å². The number of aromatic nitrogens is 1. The van der Waals surface area contributed by atoms with Gasteiger partial charge in [-0.25, -0.2) is 0 Å². The van der Waals surface area contributed by atoms with Crippen LogP contribution in [0, 0.1) is 10.1 Å². The van der Waals surface area contributed by atoms with E-state index >= 15 is 0 Å². The molecule has 0 bridgehead atoms. The fraction of sp³-hybridized carbons (Fsp3) is 0.444. The number of aliphatic hydroxyl groups excluding tert-OH is 2. The summed E-state index contributed by atoms with van der Waals surface area (Å²) in [5, 5.41) is 29.7. The average molecular weight is 260 g/mol. The van der Waals surface area contributed by atoms with Gasteiger partial charge in [-0.15, -0.1) is 0 Å². The summed E-state index contributed by atoms with van der Waals surface area (Å²) in [5.74, 6) is 0.324. The van der Waals surface area contributed by atoms with Crippen molar-refractivity contribution < 1.29 is 15.1 Å². The summed E-state index contributed by atoms with van der Waals surface area (Å²) in [6, 6.07) is 0.950. The van der Waals surface area contributed by atoms with Crippen molar-refractivity contribution in [3.8, 4) is 0 Å². The van der Waals surface area contributed by atoms with Gasteiger partial charge in [-0.2, -0.15) is 12.6 Å². The SMILES string of the molecule is O=c1[nH]cc([N+](=O)[O-])cc1C(O)C(O)CCS. The number of nitrogens with zero attached hydrogens (tertiary/aromatic N) is 1. The zero-order valence-electron chi connectivity index (χ0n) is 8.74. The van der Waals surface area contributed by atoms with E-state index < -0.39 is 22.7 Å². The number of aromatic amines is 1. The van der Waals surface area contributed by atoms with E-state index in [1.807, 2.05) is 0 Å². The van der Waals surface area contributed by atoms with Gasteiger partial charge in [0.1, 0.15) is 6.10 Å². The van der Waals surface area contributed by atoms with Gasteiger partial charge in [0.25, 0.3) is 11.2 Å². The van der Waals surface area contributed by atoms with Gasteiger partial charge in [0, 0.05) is 6.07 Å². The van der Waals surface area contributed by atoms with E-state index in [9.17, 15) is 25.1 Å². The number of nitro groups is 1. The van der Waals surface area contributed by atoms with Crippen LogP contribution in [0.5, 0.6) is 0 Å². The normalized spacial score (nSPS) is 14.3. The molecule has 0 saturated heterocycles. The average Bonchev–Trinajstić information content (AvgIpc) is 2.28. The van der Waals surface area contributed by atoms with Gasteiger partial charge in [-0.1, -0.05) is 0 Å². The maximum atomic E-state index is 11.4. The van der Waals surface area contributed by atoms with Crippen LogP contribution in [0.2, 0.25) is 0 Å². The van der Waals surface area contributed by atoms with Crippen molar-refractivity contribution in [3.63, 3.8) is 0 Å². The van der Waals surface area contributed by atoms with E-state index in [1.54, 1.807) is 0 Å². The standard InChI is InChI=1S/C9H12N2O5S/c12-7(1-2-17)8(13)6-3-5(11(15)16)4-10-9(6)14/h3-4,7-8,12-13,17H,1-2H2,(H,10,14). The highest BCUT2D eigenvalue weighted by atomic mass is 32.1. The Bertz CT molecular complexity index is 461. The molecule has 7 nitrogen and oxygen atoms in total. The fourth-order valence-electron chi connectivity index (χ4n) is 1.31. The molecule has 0 amide bonds. The van der Waals surface area contributed by atoms with Gasteiger partial charge in [0.05, 0.1) is 22.8 Å². The first-order chi connectivity index (χ1) is 7.97. The molecule has 94 valence electrons. The smallest absolute Gasteiger partial charge is 0.285 e. The maximum absolute atomic E-state index is 11.4. The van der Waals surface area contributed by atoms with Crippen molar-refractivity contribution in [3.05, 3.63) is 38.3 Å². The minimum Gasteiger partial charge on any atom is -0.390 e. The molecular weight excluding hydrogens is 248 g/mol. The molecule has 0 radical (unpaired) electrons. The van der Waals surface area contributed by atoms with Crippen LogP contribution in [0.15, 0.2) is 17.1 Å². The molecule has 0 saturated carbocycles. The molecule has 1 rings (SSSR count). The number of thiol groups is 1. The van der Waals surface area contributed by atoms with Crippen LogP contribution >= 0.6 is 12.6 Å². The van der Waals surface area contributed by atoms with E-state index in [4.69, 9.17) is 0 Å². The van der Waals surface area contributed by atoms with E-state index in [1.165, 1.54) is 0 Å². The third-order valence-corrected chi connectivity index (χ3v) is 2.49. The molecule has 1 aromatic rings. The third kappa shape index (κ3) is 3.29. The van der Waals surface area contributed by atoms with Gasteiger partial charge in [-0.3, -0.25) is 14.9 Å². The van der Waals surface area contributed by atoms with E-state index in [2.05, 4.69) is 17.6 Å². The molecule has 3 N–H and O–H groups in total. The molecular formula is C9H12N2O5S. The van der Waals surface area contributed by atoms with Gasteiger partial charge in [0.15, 0.2) is 0 Å². The lowest BCUT2D eigenvalue weighted by Gasteiger charge is -2.16. The number of aliphatic hydroxyl groups is 2. The van der Waals surface area contributed by atoms with Gasteiger partial charge in [0.2, 0.25) is 0 Å². The Hall–Kier alpha value is -1.38. The second kappa shape index (κ2) is 5.80. The molecule has 8 heteroatoms. The third-order valence-electron chi connectivity index (χ3n) is 2.24. The van der Waals surface area contributed by atoms with Gasteiger partial charge < -0.3 is 15.2 Å². The van der Waals surface area contributed by atoms with Gasteiger partial charge in [-0.05, 0) is 12.2 Å². The summed E-state index contributed by atoms with van der Waals surface area (Å²) in [4.78, 5) is 23.3. The minimum atomic E-state index is -1.47. The van der Waals surface area contributed by atoms with Crippen LogP contribution in [-0.4, -0.2) is 32.0 Å². The summed E-state index contributed by atoms with van der Waals surface area (Å²) in [7, 11) is 0. The summed E-state index contributed by atoms with van der Waals surface area (Å²) in [6.45, 7) is 0. The predicted molar refractivity (Wildman–Crippen MR) is 63.2 cm³/mol. The van der Waals surface area contributed by atoms with E-state index in [-0.39, 0.29) is 17.7 Å². The summed E-state index contributed by atoms with van der Waals surface area (Å²) in [5.41, 5.74) is -1.24. The highest BCUT2D eigenvalue weighted by Crippen LogP contribution is 2.19. The molecule has 0 aliphatic rings. The second-order valence-corrected chi connectivity index (χ2v) is 3.87. The Labute approximate surface area is 102 Å². The van der Waals surface area contributed by atoms with Crippen LogP contribution in [-0.2, 0) is 0 Å². The minimum absolute atomic E-state index is 0.173. The largest absolute Gasteiger partial charge is 0.390 e. The van der Waals surface area contributed by atoms with E-state index in [0.717, 1.165) is 12.3 Å². The zero-order chi connectivity index (χ0) is 13.0. The lowest BCUT2D eigenvalue weighted by Crippen LogP contribution is -2.25. The molecule has 2 unspecified atom stereocenters. The first-order valence-corrected chi connectivity index (χ1v) is 5.44. The lowest BCUT2D eigenvalue weighted by molar-refractivity contribution is -0.385. The molecule has 17 heavy (non-hydrogen) atoms. The number of H-pyrrole nitrogens is 1. The summed E-state index contributed by atoms with van der Waals surface area (Å²) < 4.78 is 0. The Morgan fingerprint density at radius 3 is 2.71 bits per heavy atom. The van der Waals surface area contributed by atoms with Crippen LogP contribution in [0.3, 0.4) is 0 Å². The lowest BCUT2D eigenvalue weighted by atomic mass is 10.0. The topological polar surface area (TPSA) is 116 Å². The molecule has 2 atom stereocenters. The molecule has 1 heterocycles. The zero-order valence-corrected chi connectivity index (χ0v) is 9.63. The Morgan fingerprint density at radius 2 is 2.18 bits per heavy atom. The van der Waals surface area contributed by atoms with Gasteiger partial charge >= 0.3 is 0 Å². The quantitative estimate of drug-likeness (QED) is 0.338. The maximum Gasteiger partial charge on any atom is 0.285 e. The molecule has 0 aliphatic heterocycles. The second-order valence-electron chi connectivity index (χ2n) is 3.42. The van der Waals surface area contributed by atoms with Crippen molar-refractivity contribution in [1.29, 1.82) is 0 Å². The van der Waals surface area contributed by atoms with Crippen LogP contribution < -0.4 is 5.56 Å². The van der Waals surface area contributed by atoms with Crippen molar-refractivity contribution in [2.45, 2.75) is 18.6 Å². The highest BCUT2D eigenvalue weighted by molar-refractivity contribution is 7.80. The van der Waals surface area contributed by atoms with E-state index in [0.29, 0.717) is 5.75 Å². The monoisotopic (exact) mass is 260 g/mol. The van der Waals surface area contributed by atoms with Crippen molar-refractivity contribution in [2.75, 3.05) is 5.75 Å². The van der Waals surface area contributed by atoms with Crippen LogP contribution in [0.4, 0.5) is 5.69 Å². The number of pyridine rings is 1. The van der Waals surface area contributed by atoms with Crippen molar-refractivity contribution in [1.82, 2.24) is 4.98 Å². The summed E-state index contributed by atoms with van der Waals surface area (Å²) >= 11 is 3.88. The Kier molecular flexibility index (Phi) is 4.67. The Balaban J connectivity index is 3.07. The summed E-state index contributed by atoms with van der Waals surface area (Å²) in [6.07, 6.45) is -1.54. The molecule has 0 fully saturated rings. The number of rotatable bonds is 5. The number of hydrogen-bond acceptors (Lipinski definition) is 6. The fourth-order valence-corrected chi connectivity index (χ4v) is 1.58. The number of hydrogen-bond donors (Lipinski definition) is 4. The number of nitrogens with one attached hydrogen (secondary N) is 1. The van der Waals surface area contributed by atoms with Crippen LogP contribution in [0.25, 0.3) is 0 Å². The first kappa shape index (κ1) is 13.7.